The minimum Gasteiger partial charge on any atom is -0.474 e. The molecule has 23 heavy (non-hydrogen) atoms. The van der Waals surface area contributed by atoms with Gasteiger partial charge in [-0.2, -0.15) is 18.2 Å². The Bertz CT molecular complexity index is 578. The van der Waals surface area contributed by atoms with E-state index in [0.29, 0.717) is 25.7 Å². The van der Waals surface area contributed by atoms with Gasteiger partial charge in [-0.15, -0.1) is 0 Å². The number of ketones is 1. The normalized spacial score (nSPS) is 17.4. The van der Waals surface area contributed by atoms with E-state index in [4.69, 9.17) is 4.74 Å². The quantitative estimate of drug-likeness (QED) is 0.918. The number of Topliss-reactive ketones (excluding diaryl/α,β-unsaturated/α-hetero) is 1. The summed E-state index contributed by atoms with van der Waals surface area (Å²) in [5, 5.41) is 9.36. The van der Waals surface area contributed by atoms with Gasteiger partial charge in [0.25, 0.3) is 0 Å². The Morgan fingerprint density at radius 3 is 2.39 bits per heavy atom. The van der Waals surface area contributed by atoms with Gasteiger partial charge in [-0.05, 0) is 12.8 Å². The fraction of sp³-hybridized carbons (Fsp3) is 0.667. The van der Waals surface area contributed by atoms with Gasteiger partial charge in [-0.1, -0.05) is 13.8 Å². The monoisotopic (exact) mass is 332 g/mol. The summed E-state index contributed by atoms with van der Waals surface area (Å²) in [6.45, 7) is 2.80. The van der Waals surface area contributed by atoms with Crippen molar-refractivity contribution in [2.24, 2.45) is 0 Å². The van der Waals surface area contributed by atoms with Crippen LogP contribution in [0.1, 0.15) is 51.0 Å². The van der Waals surface area contributed by atoms with Crippen LogP contribution in [0.2, 0.25) is 0 Å². The highest BCUT2D eigenvalue weighted by Crippen LogP contribution is 2.32. The summed E-state index contributed by atoms with van der Waals surface area (Å²) in [5.74, 6) is -1.34. The van der Waals surface area contributed by atoms with Gasteiger partial charge in [0.05, 0.1) is 12.3 Å². The van der Waals surface area contributed by atoms with Gasteiger partial charge < -0.3 is 9.84 Å². The molecule has 1 fully saturated rings. The molecular formula is C15H19F3N2O3. The van der Waals surface area contributed by atoms with Gasteiger partial charge in [0, 0.05) is 24.3 Å². The number of hydrogen-bond acceptors (Lipinski definition) is 5. The molecule has 2 rings (SSSR count). The van der Waals surface area contributed by atoms with Crippen molar-refractivity contribution >= 4 is 5.78 Å². The SMILES string of the molecule is CC(C)(CO)c1cc(OC2CCC(=O)CC2)nc(C(F)(F)F)n1. The molecule has 1 aromatic rings. The molecule has 0 spiro atoms. The summed E-state index contributed by atoms with van der Waals surface area (Å²) in [5.41, 5.74) is -0.895. The summed E-state index contributed by atoms with van der Waals surface area (Å²) in [6, 6.07) is 1.32. The van der Waals surface area contributed by atoms with Gasteiger partial charge in [0.15, 0.2) is 0 Å². The topological polar surface area (TPSA) is 72.3 Å². The molecule has 0 bridgehead atoms. The third-order valence-electron chi connectivity index (χ3n) is 3.82. The molecule has 0 radical (unpaired) electrons. The lowest BCUT2D eigenvalue weighted by Gasteiger charge is -2.25. The van der Waals surface area contributed by atoms with E-state index in [0.717, 1.165) is 0 Å². The average molecular weight is 332 g/mol. The van der Waals surface area contributed by atoms with Crippen molar-refractivity contribution in [1.82, 2.24) is 9.97 Å². The Labute approximate surface area is 131 Å². The molecule has 128 valence electrons. The van der Waals surface area contributed by atoms with Crippen molar-refractivity contribution in [3.05, 3.63) is 17.6 Å². The number of hydrogen-bond donors (Lipinski definition) is 1. The summed E-state index contributed by atoms with van der Waals surface area (Å²) >= 11 is 0. The second kappa shape index (κ2) is 6.43. The molecule has 1 aromatic heterocycles. The Morgan fingerprint density at radius 2 is 1.87 bits per heavy atom. The number of ether oxygens (including phenoxy) is 1. The van der Waals surface area contributed by atoms with Crippen molar-refractivity contribution in [2.45, 2.75) is 57.2 Å². The molecule has 0 unspecified atom stereocenters. The number of halogens is 3. The number of rotatable bonds is 4. The molecule has 1 aliphatic carbocycles. The van der Waals surface area contributed by atoms with Gasteiger partial charge in [0.2, 0.25) is 11.7 Å². The van der Waals surface area contributed by atoms with Crippen molar-refractivity contribution < 1.29 is 27.8 Å². The Kier molecular flexibility index (Phi) is 4.93. The molecule has 1 N–H and O–H groups in total. The van der Waals surface area contributed by atoms with E-state index in [9.17, 15) is 23.1 Å². The van der Waals surface area contributed by atoms with E-state index in [1.54, 1.807) is 13.8 Å². The van der Waals surface area contributed by atoms with Gasteiger partial charge >= 0.3 is 6.18 Å². The maximum atomic E-state index is 13.0. The zero-order valence-corrected chi connectivity index (χ0v) is 13.0. The predicted octanol–water partition coefficient (Wildman–Crippen LogP) is 2.66. The van der Waals surface area contributed by atoms with Gasteiger partial charge in [-0.25, -0.2) is 4.98 Å². The first kappa shape index (κ1) is 17.7. The second-order valence-corrected chi connectivity index (χ2v) is 6.31. The van der Waals surface area contributed by atoms with Crippen molar-refractivity contribution in [1.29, 1.82) is 0 Å². The first-order valence-electron chi connectivity index (χ1n) is 7.38. The molecule has 0 atom stereocenters. The smallest absolute Gasteiger partial charge is 0.451 e. The van der Waals surface area contributed by atoms with Crippen LogP contribution in [0.25, 0.3) is 0 Å². The minimum atomic E-state index is -4.71. The summed E-state index contributed by atoms with van der Waals surface area (Å²) in [6.07, 6.45) is -3.41. The first-order valence-corrected chi connectivity index (χ1v) is 7.38. The standard InChI is InChI=1S/C15H19F3N2O3/c1-14(2,8-21)11-7-12(20-13(19-11)15(16,17)18)23-10-5-3-9(22)4-6-10/h7,10,21H,3-6,8H2,1-2H3. The van der Waals surface area contributed by atoms with E-state index >= 15 is 0 Å². The van der Waals surface area contributed by atoms with E-state index in [1.165, 1.54) is 6.07 Å². The van der Waals surface area contributed by atoms with Crippen LogP contribution in [0.15, 0.2) is 6.07 Å². The number of aliphatic hydroxyl groups excluding tert-OH is 1. The number of aromatic nitrogens is 2. The number of carbonyl (C=O) groups is 1. The van der Waals surface area contributed by atoms with E-state index in [1.807, 2.05) is 0 Å². The van der Waals surface area contributed by atoms with Crippen molar-refractivity contribution in [3.63, 3.8) is 0 Å². The first-order chi connectivity index (χ1) is 10.6. The molecule has 0 saturated heterocycles. The zero-order chi connectivity index (χ0) is 17.3. The van der Waals surface area contributed by atoms with E-state index in [2.05, 4.69) is 9.97 Å². The van der Waals surface area contributed by atoms with Crippen LogP contribution in [0.5, 0.6) is 5.88 Å². The third kappa shape index (κ3) is 4.40. The number of carbonyl (C=O) groups excluding carboxylic acids is 1. The maximum Gasteiger partial charge on any atom is 0.451 e. The molecule has 5 nitrogen and oxygen atoms in total. The number of alkyl halides is 3. The summed E-state index contributed by atoms with van der Waals surface area (Å²) in [4.78, 5) is 18.2. The lowest BCUT2D eigenvalue weighted by atomic mass is 9.90. The van der Waals surface area contributed by atoms with Gasteiger partial charge in [-0.3, -0.25) is 4.79 Å². The van der Waals surface area contributed by atoms with Crippen LogP contribution in [0, 0.1) is 0 Å². The summed E-state index contributed by atoms with van der Waals surface area (Å²) in [7, 11) is 0. The third-order valence-corrected chi connectivity index (χ3v) is 3.82. The molecule has 1 saturated carbocycles. The average Bonchev–Trinajstić information content (AvgIpc) is 2.48. The maximum absolute atomic E-state index is 13.0. The molecular weight excluding hydrogens is 313 g/mol. The molecule has 1 aliphatic rings. The molecule has 0 amide bonds. The number of aliphatic hydroxyl groups is 1. The van der Waals surface area contributed by atoms with E-state index in [-0.39, 0.29) is 30.1 Å². The summed E-state index contributed by atoms with van der Waals surface area (Å²) < 4.78 is 44.5. The van der Waals surface area contributed by atoms with Crippen molar-refractivity contribution in [3.8, 4) is 5.88 Å². The fourth-order valence-corrected chi connectivity index (χ4v) is 2.24. The Hall–Kier alpha value is -1.70. The second-order valence-electron chi connectivity index (χ2n) is 6.31. The molecule has 1 heterocycles. The highest BCUT2D eigenvalue weighted by Gasteiger charge is 2.37. The zero-order valence-electron chi connectivity index (χ0n) is 13.0. The van der Waals surface area contributed by atoms with Crippen LogP contribution >= 0.6 is 0 Å². The lowest BCUT2D eigenvalue weighted by Crippen LogP contribution is -2.28. The predicted molar refractivity (Wildman–Crippen MR) is 75.0 cm³/mol. The van der Waals surface area contributed by atoms with Gasteiger partial charge in [0.1, 0.15) is 11.9 Å². The van der Waals surface area contributed by atoms with Crippen LogP contribution in [0.4, 0.5) is 13.2 Å². The molecule has 8 heteroatoms. The molecule has 0 aliphatic heterocycles. The minimum absolute atomic E-state index is 0.0595. The van der Waals surface area contributed by atoms with Crippen molar-refractivity contribution in [2.75, 3.05) is 6.61 Å². The highest BCUT2D eigenvalue weighted by molar-refractivity contribution is 5.79. The fourth-order valence-electron chi connectivity index (χ4n) is 2.24. The highest BCUT2D eigenvalue weighted by atomic mass is 19.4. The lowest BCUT2D eigenvalue weighted by molar-refractivity contribution is -0.145. The molecule has 0 aromatic carbocycles. The van der Waals surface area contributed by atoms with Crippen LogP contribution in [0.3, 0.4) is 0 Å². The van der Waals surface area contributed by atoms with Crippen LogP contribution < -0.4 is 4.74 Å². The Balaban J connectivity index is 2.31. The van der Waals surface area contributed by atoms with E-state index < -0.39 is 17.4 Å². The largest absolute Gasteiger partial charge is 0.474 e. The van der Waals surface area contributed by atoms with Crippen LogP contribution in [-0.4, -0.2) is 33.6 Å². The number of nitrogens with zero attached hydrogens (tertiary/aromatic N) is 2. The van der Waals surface area contributed by atoms with Crippen LogP contribution in [-0.2, 0) is 16.4 Å². The Morgan fingerprint density at radius 1 is 1.26 bits per heavy atom.